The molecule has 0 saturated carbocycles. The van der Waals surface area contributed by atoms with Gasteiger partial charge in [0.1, 0.15) is 5.75 Å². The number of amides is 3. The van der Waals surface area contributed by atoms with Gasteiger partial charge in [0.2, 0.25) is 0 Å². The Morgan fingerprint density at radius 1 is 1.46 bits per heavy atom. The van der Waals surface area contributed by atoms with Gasteiger partial charge in [0.05, 0.1) is 12.8 Å². The minimum atomic E-state index is -0.185. The van der Waals surface area contributed by atoms with Gasteiger partial charge in [-0.05, 0) is 30.2 Å². The summed E-state index contributed by atoms with van der Waals surface area (Å²) < 4.78 is 5.34. The Kier molecular flexibility index (Phi) is 5.33. The maximum atomic E-state index is 12.7. The Bertz CT molecular complexity index is 630. The van der Waals surface area contributed by atoms with Crippen molar-refractivity contribution in [2.24, 2.45) is 11.1 Å². The fourth-order valence-electron chi connectivity index (χ4n) is 2.73. The van der Waals surface area contributed by atoms with Crippen LogP contribution >= 0.6 is 0 Å². The molecule has 0 bridgehead atoms. The summed E-state index contributed by atoms with van der Waals surface area (Å²) in [5, 5.41) is 2.75. The van der Waals surface area contributed by atoms with Crippen molar-refractivity contribution < 1.29 is 14.3 Å². The summed E-state index contributed by atoms with van der Waals surface area (Å²) in [6.07, 6.45) is 0. The lowest BCUT2D eigenvalue weighted by atomic mass is 9.93. The van der Waals surface area contributed by atoms with Crippen LogP contribution < -0.4 is 20.7 Å². The van der Waals surface area contributed by atoms with Gasteiger partial charge in [-0.2, -0.15) is 0 Å². The predicted molar refractivity (Wildman–Crippen MR) is 93.5 cm³/mol. The average Bonchev–Trinajstić information content (AvgIpc) is 2.99. The van der Waals surface area contributed by atoms with E-state index in [-0.39, 0.29) is 17.4 Å². The largest absolute Gasteiger partial charge is 0.495 e. The fourth-order valence-corrected chi connectivity index (χ4v) is 2.73. The lowest BCUT2D eigenvalue weighted by Crippen LogP contribution is -2.39. The molecule has 3 amide bonds. The highest BCUT2D eigenvalue weighted by Gasteiger charge is 2.27. The number of nitrogens with zero attached hydrogens (tertiary/aromatic N) is 2. The predicted octanol–water partition coefficient (Wildman–Crippen LogP) is 1.28. The quantitative estimate of drug-likeness (QED) is 0.820. The number of urea groups is 1. The molecule has 0 spiro atoms. The van der Waals surface area contributed by atoms with E-state index in [9.17, 15) is 9.59 Å². The molecule has 132 valence electrons. The van der Waals surface area contributed by atoms with Crippen molar-refractivity contribution in [3.8, 4) is 5.75 Å². The molecule has 0 atom stereocenters. The van der Waals surface area contributed by atoms with Crippen molar-refractivity contribution in [2.75, 3.05) is 45.2 Å². The van der Waals surface area contributed by atoms with Gasteiger partial charge < -0.3 is 20.7 Å². The molecule has 0 aromatic heterocycles. The van der Waals surface area contributed by atoms with Gasteiger partial charge in [-0.3, -0.25) is 9.69 Å². The number of carbonyl (C=O) groups excluding carboxylic acids is 2. The molecule has 7 heteroatoms. The van der Waals surface area contributed by atoms with E-state index in [1.807, 2.05) is 13.8 Å². The fraction of sp³-hybridized carbons (Fsp3) is 0.529. The zero-order valence-corrected chi connectivity index (χ0v) is 14.8. The summed E-state index contributed by atoms with van der Waals surface area (Å²) in [4.78, 5) is 27.9. The Balaban J connectivity index is 2.27. The summed E-state index contributed by atoms with van der Waals surface area (Å²) in [6.45, 7) is 6.20. The van der Waals surface area contributed by atoms with Crippen LogP contribution in [-0.2, 0) is 0 Å². The van der Waals surface area contributed by atoms with Crippen molar-refractivity contribution in [1.82, 2.24) is 10.2 Å². The second-order valence-electron chi connectivity index (χ2n) is 6.80. The van der Waals surface area contributed by atoms with Gasteiger partial charge in [-0.25, -0.2) is 4.79 Å². The van der Waals surface area contributed by atoms with E-state index >= 15 is 0 Å². The molecule has 2 rings (SSSR count). The van der Waals surface area contributed by atoms with E-state index in [1.54, 1.807) is 42.2 Å². The number of benzene rings is 1. The second-order valence-corrected chi connectivity index (χ2v) is 6.80. The van der Waals surface area contributed by atoms with Gasteiger partial charge in [0.25, 0.3) is 5.91 Å². The number of hydrogen-bond donors (Lipinski definition) is 2. The maximum absolute atomic E-state index is 12.7. The summed E-state index contributed by atoms with van der Waals surface area (Å²) in [7, 11) is 3.30. The normalized spacial score (nSPS) is 14.5. The zero-order chi connectivity index (χ0) is 17.9. The van der Waals surface area contributed by atoms with E-state index in [0.717, 1.165) is 0 Å². The van der Waals surface area contributed by atoms with Crippen LogP contribution in [0.3, 0.4) is 0 Å². The van der Waals surface area contributed by atoms with E-state index < -0.39 is 0 Å². The number of hydrogen-bond acceptors (Lipinski definition) is 4. The Morgan fingerprint density at radius 3 is 2.71 bits per heavy atom. The summed E-state index contributed by atoms with van der Waals surface area (Å²) in [5.41, 5.74) is 6.71. The number of nitrogens with two attached hydrogens (primary N) is 1. The van der Waals surface area contributed by atoms with Crippen LogP contribution in [0.5, 0.6) is 5.75 Å². The third-order valence-corrected chi connectivity index (χ3v) is 4.14. The van der Waals surface area contributed by atoms with E-state index in [4.69, 9.17) is 10.5 Å². The van der Waals surface area contributed by atoms with Gasteiger partial charge >= 0.3 is 6.03 Å². The highest BCUT2D eigenvalue weighted by Crippen LogP contribution is 2.31. The molecule has 3 N–H and O–H groups in total. The molecule has 24 heavy (non-hydrogen) atoms. The van der Waals surface area contributed by atoms with Crippen molar-refractivity contribution in [2.45, 2.75) is 13.8 Å². The molecule has 0 unspecified atom stereocenters. The van der Waals surface area contributed by atoms with E-state index in [1.165, 1.54) is 0 Å². The summed E-state index contributed by atoms with van der Waals surface area (Å²) in [6, 6.07) is 4.95. The van der Waals surface area contributed by atoms with Crippen molar-refractivity contribution >= 4 is 17.6 Å². The number of anilines is 1. The lowest BCUT2D eigenvalue weighted by Gasteiger charge is -2.29. The molecule has 1 heterocycles. The SMILES string of the molecule is COc1ccc(C(=O)N(C)CC(C)(C)CN)cc1N1CCNC1=O. The number of rotatable bonds is 6. The van der Waals surface area contributed by atoms with Crippen LogP contribution in [0.25, 0.3) is 0 Å². The van der Waals surface area contributed by atoms with Crippen molar-refractivity contribution in [3.63, 3.8) is 0 Å². The average molecular weight is 334 g/mol. The first-order valence-electron chi connectivity index (χ1n) is 7.98. The molecule has 7 nitrogen and oxygen atoms in total. The molecule has 1 aromatic rings. The number of carbonyl (C=O) groups is 2. The molecule has 1 aliphatic rings. The first-order chi connectivity index (χ1) is 11.3. The third kappa shape index (κ3) is 3.79. The standard InChI is InChI=1S/C17H26N4O3/c1-17(2,10-18)11-20(3)15(22)12-5-6-14(24-4)13(9-12)21-8-7-19-16(21)23/h5-6,9H,7-8,10-11,18H2,1-4H3,(H,19,23). The first kappa shape index (κ1) is 18.1. The molecule has 0 aliphatic carbocycles. The Labute approximate surface area is 142 Å². The minimum Gasteiger partial charge on any atom is -0.495 e. The number of methoxy groups -OCH3 is 1. The number of ether oxygens (including phenoxy) is 1. The van der Waals surface area contributed by atoms with Crippen molar-refractivity contribution in [1.29, 1.82) is 0 Å². The van der Waals surface area contributed by atoms with E-state index in [0.29, 0.717) is 43.2 Å². The highest BCUT2D eigenvalue weighted by molar-refractivity contribution is 5.99. The molecule has 0 radical (unpaired) electrons. The molecule has 1 saturated heterocycles. The van der Waals surface area contributed by atoms with Crippen LogP contribution in [0.15, 0.2) is 18.2 Å². The Morgan fingerprint density at radius 2 is 2.17 bits per heavy atom. The maximum Gasteiger partial charge on any atom is 0.322 e. The topological polar surface area (TPSA) is 87.9 Å². The summed E-state index contributed by atoms with van der Waals surface area (Å²) in [5.74, 6) is 0.452. The van der Waals surface area contributed by atoms with Gasteiger partial charge in [-0.1, -0.05) is 13.8 Å². The summed E-state index contributed by atoms with van der Waals surface area (Å²) >= 11 is 0. The molecule has 1 aliphatic heterocycles. The van der Waals surface area contributed by atoms with Gasteiger partial charge in [0, 0.05) is 32.2 Å². The second kappa shape index (κ2) is 7.09. The van der Waals surface area contributed by atoms with Crippen LogP contribution in [0.1, 0.15) is 24.2 Å². The highest BCUT2D eigenvalue weighted by atomic mass is 16.5. The van der Waals surface area contributed by atoms with Crippen LogP contribution in [0.2, 0.25) is 0 Å². The van der Waals surface area contributed by atoms with Crippen LogP contribution in [0, 0.1) is 5.41 Å². The van der Waals surface area contributed by atoms with Gasteiger partial charge in [0.15, 0.2) is 0 Å². The monoisotopic (exact) mass is 334 g/mol. The molecular formula is C17H26N4O3. The zero-order valence-electron chi connectivity index (χ0n) is 14.8. The lowest BCUT2D eigenvalue weighted by molar-refractivity contribution is 0.0740. The third-order valence-electron chi connectivity index (χ3n) is 4.14. The van der Waals surface area contributed by atoms with E-state index in [2.05, 4.69) is 5.32 Å². The first-order valence-corrected chi connectivity index (χ1v) is 7.98. The van der Waals surface area contributed by atoms with Crippen molar-refractivity contribution in [3.05, 3.63) is 23.8 Å². The van der Waals surface area contributed by atoms with Crippen LogP contribution in [-0.4, -0.2) is 57.2 Å². The Hall–Kier alpha value is -2.28. The molecular weight excluding hydrogens is 308 g/mol. The number of nitrogens with one attached hydrogen (secondary N) is 1. The van der Waals surface area contributed by atoms with Crippen LogP contribution in [0.4, 0.5) is 10.5 Å². The minimum absolute atomic E-state index is 0.111. The smallest absolute Gasteiger partial charge is 0.322 e. The molecule has 1 aromatic carbocycles. The molecule has 1 fully saturated rings. The van der Waals surface area contributed by atoms with Gasteiger partial charge in [-0.15, -0.1) is 0 Å².